The molecule has 0 amide bonds. The molecule has 0 aliphatic carbocycles. The molecule has 0 aromatic heterocycles. The van der Waals surface area contributed by atoms with Gasteiger partial charge in [-0.3, -0.25) is 0 Å². The SMILES string of the molecule is CCCCC/C=C/[C]=C\CCCCCC. The second-order valence-electron chi connectivity index (χ2n) is 4.12. The maximum absolute atomic E-state index is 3.23. The van der Waals surface area contributed by atoms with Crippen molar-refractivity contribution in [1.29, 1.82) is 0 Å². The highest BCUT2D eigenvalue weighted by molar-refractivity contribution is 4.94. The number of hydrogen-bond donors (Lipinski definition) is 0. The van der Waals surface area contributed by atoms with Gasteiger partial charge < -0.3 is 0 Å². The van der Waals surface area contributed by atoms with E-state index in [2.05, 4.69) is 38.2 Å². The Bertz CT molecular complexity index is 153. The van der Waals surface area contributed by atoms with Gasteiger partial charge >= 0.3 is 0 Å². The summed E-state index contributed by atoms with van der Waals surface area (Å²) in [6, 6.07) is 0. The fourth-order valence-electron chi connectivity index (χ4n) is 1.49. The zero-order valence-electron chi connectivity index (χ0n) is 10.6. The minimum atomic E-state index is 1.19. The summed E-state index contributed by atoms with van der Waals surface area (Å²) in [5.41, 5.74) is 0. The lowest BCUT2D eigenvalue weighted by atomic mass is 10.1. The Morgan fingerprint density at radius 1 is 0.800 bits per heavy atom. The molecule has 0 aromatic rings. The van der Waals surface area contributed by atoms with Gasteiger partial charge in [0, 0.05) is 0 Å². The van der Waals surface area contributed by atoms with Gasteiger partial charge in [0.1, 0.15) is 0 Å². The molecule has 0 atom stereocenters. The molecule has 1 radical (unpaired) electrons. The molecule has 0 fully saturated rings. The maximum atomic E-state index is 3.23. The molecule has 0 aliphatic rings. The lowest BCUT2D eigenvalue weighted by molar-refractivity contribution is 0.674. The lowest BCUT2D eigenvalue weighted by Crippen LogP contribution is -1.73. The normalized spacial score (nSPS) is 11.9. The molecule has 15 heavy (non-hydrogen) atoms. The van der Waals surface area contributed by atoms with Crippen LogP contribution in [0.25, 0.3) is 0 Å². The molecule has 0 saturated heterocycles. The summed E-state index contributed by atoms with van der Waals surface area (Å²) in [6.07, 6.45) is 21.5. The van der Waals surface area contributed by atoms with Gasteiger partial charge in [0.25, 0.3) is 0 Å². The average Bonchev–Trinajstić information content (AvgIpc) is 2.26. The quantitative estimate of drug-likeness (QED) is 0.330. The second kappa shape index (κ2) is 13.5. The van der Waals surface area contributed by atoms with E-state index in [4.69, 9.17) is 0 Å². The Kier molecular flexibility index (Phi) is 13.0. The van der Waals surface area contributed by atoms with Crippen molar-refractivity contribution in [1.82, 2.24) is 0 Å². The zero-order chi connectivity index (χ0) is 11.2. The molecular formula is C15H27. The van der Waals surface area contributed by atoms with Crippen LogP contribution in [0.1, 0.15) is 71.6 Å². The van der Waals surface area contributed by atoms with Crippen LogP contribution >= 0.6 is 0 Å². The summed E-state index contributed by atoms with van der Waals surface area (Å²) >= 11 is 0. The van der Waals surface area contributed by atoms with Gasteiger partial charge in [0.2, 0.25) is 0 Å². The van der Waals surface area contributed by atoms with Gasteiger partial charge in [-0.1, -0.05) is 64.2 Å². The predicted octanol–water partition coefficient (Wildman–Crippen LogP) is 5.45. The summed E-state index contributed by atoms with van der Waals surface area (Å²) < 4.78 is 0. The molecule has 0 nitrogen and oxygen atoms in total. The monoisotopic (exact) mass is 207 g/mol. The van der Waals surface area contributed by atoms with Crippen molar-refractivity contribution in [3.05, 3.63) is 24.3 Å². The van der Waals surface area contributed by atoms with E-state index in [9.17, 15) is 0 Å². The highest BCUT2D eigenvalue weighted by atomic mass is 13.9. The summed E-state index contributed by atoms with van der Waals surface area (Å²) in [6.45, 7) is 4.49. The predicted molar refractivity (Wildman–Crippen MR) is 69.9 cm³/mol. The van der Waals surface area contributed by atoms with Crippen LogP contribution in [0, 0.1) is 6.08 Å². The van der Waals surface area contributed by atoms with Crippen LogP contribution < -0.4 is 0 Å². The van der Waals surface area contributed by atoms with E-state index in [0.29, 0.717) is 0 Å². The highest BCUT2D eigenvalue weighted by Crippen LogP contribution is 2.03. The van der Waals surface area contributed by atoms with E-state index in [-0.39, 0.29) is 0 Å². The fourth-order valence-corrected chi connectivity index (χ4v) is 1.49. The first-order chi connectivity index (χ1) is 7.41. The molecule has 0 saturated carbocycles. The Morgan fingerprint density at radius 2 is 1.47 bits per heavy atom. The fraction of sp³-hybridized carbons (Fsp3) is 0.733. The number of unbranched alkanes of at least 4 members (excludes halogenated alkanes) is 7. The van der Waals surface area contributed by atoms with Crippen LogP contribution in [0.3, 0.4) is 0 Å². The lowest BCUT2D eigenvalue weighted by Gasteiger charge is -1.93. The third-order valence-corrected chi connectivity index (χ3v) is 2.51. The molecule has 0 rings (SSSR count). The first-order valence-corrected chi connectivity index (χ1v) is 6.64. The molecule has 0 heteroatoms. The topological polar surface area (TPSA) is 0 Å². The highest BCUT2D eigenvalue weighted by Gasteiger charge is 1.83. The Balaban J connectivity index is 3.15. The van der Waals surface area contributed by atoms with Crippen LogP contribution in [0.4, 0.5) is 0 Å². The summed E-state index contributed by atoms with van der Waals surface area (Å²) in [5.74, 6) is 0. The van der Waals surface area contributed by atoms with Gasteiger partial charge in [-0.2, -0.15) is 0 Å². The third-order valence-electron chi connectivity index (χ3n) is 2.51. The molecule has 0 bridgehead atoms. The number of hydrogen-bond acceptors (Lipinski definition) is 0. The largest absolute Gasteiger partial charge is 0.0839 e. The van der Waals surface area contributed by atoms with Crippen LogP contribution in [0.5, 0.6) is 0 Å². The van der Waals surface area contributed by atoms with E-state index in [1.54, 1.807) is 0 Å². The standard InChI is InChI=1S/C15H27/c1-3-5-7-9-11-13-15-14-12-10-8-6-4-2/h11,13-14H,3-10,12H2,1-2H3/b13-11+,15-14?. The van der Waals surface area contributed by atoms with Crippen molar-refractivity contribution in [3.8, 4) is 0 Å². The maximum Gasteiger partial charge on any atom is -0.0230 e. The van der Waals surface area contributed by atoms with Gasteiger partial charge in [-0.25, -0.2) is 0 Å². The van der Waals surface area contributed by atoms with E-state index in [1.807, 2.05) is 0 Å². The summed E-state index contributed by atoms with van der Waals surface area (Å²) in [7, 11) is 0. The van der Waals surface area contributed by atoms with Crippen LogP contribution in [-0.2, 0) is 0 Å². The molecule has 0 aromatic carbocycles. The Hall–Kier alpha value is -0.520. The number of allylic oxidation sites excluding steroid dienone is 4. The first kappa shape index (κ1) is 14.5. The van der Waals surface area contributed by atoms with E-state index < -0.39 is 0 Å². The molecule has 0 spiro atoms. The second-order valence-corrected chi connectivity index (χ2v) is 4.12. The van der Waals surface area contributed by atoms with Crippen molar-refractivity contribution in [2.45, 2.75) is 71.6 Å². The summed E-state index contributed by atoms with van der Waals surface area (Å²) in [4.78, 5) is 0. The van der Waals surface area contributed by atoms with Crippen molar-refractivity contribution in [2.75, 3.05) is 0 Å². The molecule has 0 N–H and O–H groups in total. The smallest absolute Gasteiger partial charge is 0.0230 e. The molecule has 0 unspecified atom stereocenters. The zero-order valence-corrected chi connectivity index (χ0v) is 10.6. The van der Waals surface area contributed by atoms with Crippen molar-refractivity contribution in [3.63, 3.8) is 0 Å². The van der Waals surface area contributed by atoms with E-state index >= 15 is 0 Å². The van der Waals surface area contributed by atoms with Gasteiger partial charge in [-0.15, -0.1) is 0 Å². The van der Waals surface area contributed by atoms with E-state index in [1.165, 1.54) is 57.8 Å². The Morgan fingerprint density at radius 3 is 2.20 bits per heavy atom. The van der Waals surface area contributed by atoms with Crippen molar-refractivity contribution < 1.29 is 0 Å². The minimum absolute atomic E-state index is 1.19. The van der Waals surface area contributed by atoms with Crippen molar-refractivity contribution >= 4 is 0 Å². The number of rotatable bonds is 10. The van der Waals surface area contributed by atoms with Gasteiger partial charge in [0.15, 0.2) is 0 Å². The summed E-state index contributed by atoms with van der Waals surface area (Å²) in [5, 5.41) is 0. The third kappa shape index (κ3) is 13.5. The Labute approximate surface area is 96.5 Å². The van der Waals surface area contributed by atoms with E-state index in [0.717, 1.165) is 0 Å². The molecule has 87 valence electrons. The van der Waals surface area contributed by atoms with Gasteiger partial charge in [0.05, 0.1) is 0 Å². The minimum Gasteiger partial charge on any atom is -0.0839 e. The van der Waals surface area contributed by atoms with Crippen LogP contribution in [0.2, 0.25) is 0 Å². The van der Waals surface area contributed by atoms with Crippen molar-refractivity contribution in [2.24, 2.45) is 0 Å². The molecular weight excluding hydrogens is 180 g/mol. The van der Waals surface area contributed by atoms with Crippen LogP contribution in [0.15, 0.2) is 18.2 Å². The van der Waals surface area contributed by atoms with Gasteiger partial charge in [-0.05, 0) is 31.8 Å². The molecule has 0 heterocycles. The molecule has 0 aliphatic heterocycles. The van der Waals surface area contributed by atoms with Crippen LogP contribution in [-0.4, -0.2) is 0 Å². The average molecular weight is 207 g/mol. The first-order valence-electron chi connectivity index (χ1n) is 6.64.